The number of thiophene rings is 1. The Morgan fingerprint density at radius 3 is 2.84 bits per heavy atom. The first kappa shape index (κ1) is 18.4. The number of aliphatic hydroxyl groups excluding tert-OH is 1. The minimum Gasteiger partial charge on any atom is -0.373 e. The van der Waals surface area contributed by atoms with Gasteiger partial charge in [0.2, 0.25) is 5.76 Å². The molecule has 2 aromatic rings. The number of likely N-dealkylation sites (tertiary alicyclic amines) is 1. The Morgan fingerprint density at radius 1 is 1.44 bits per heavy atom. The van der Waals surface area contributed by atoms with Crippen molar-refractivity contribution >= 4 is 11.3 Å². The van der Waals surface area contributed by atoms with Crippen molar-refractivity contribution in [1.29, 1.82) is 0 Å². The lowest BCUT2D eigenvalue weighted by Gasteiger charge is -2.35. The molecule has 1 saturated heterocycles. The van der Waals surface area contributed by atoms with Crippen molar-refractivity contribution in [2.75, 3.05) is 20.1 Å². The molecule has 0 spiro atoms. The first-order valence-corrected chi connectivity index (χ1v) is 8.86. The summed E-state index contributed by atoms with van der Waals surface area (Å²) < 4.78 is 43.0. The third-order valence-corrected chi connectivity index (χ3v) is 5.64. The molecule has 2 unspecified atom stereocenters. The van der Waals surface area contributed by atoms with Gasteiger partial charge in [-0.15, -0.1) is 11.3 Å². The highest BCUT2D eigenvalue weighted by Crippen LogP contribution is 2.39. The third kappa shape index (κ3) is 3.74. The van der Waals surface area contributed by atoms with Gasteiger partial charge >= 0.3 is 6.18 Å². The van der Waals surface area contributed by atoms with Crippen LogP contribution in [0.3, 0.4) is 0 Å². The first-order chi connectivity index (χ1) is 11.8. The highest BCUT2D eigenvalue weighted by atomic mass is 32.1. The van der Waals surface area contributed by atoms with Gasteiger partial charge < -0.3 is 14.9 Å². The molecule has 5 nitrogen and oxygen atoms in total. The zero-order chi connectivity index (χ0) is 18.2. The molecule has 25 heavy (non-hydrogen) atoms. The van der Waals surface area contributed by atoms with Crippen molar-refractivity contribution in [2.45, 2.75) is 38.2 Å². The summed E-state index contributed by atoms with van der Waals surface area (Å²) in [5.41, 5.74) is 0.131. The van der Waals surface area contributed by atoms with Gasteiger partial charge in [0.15, 0.2) is 0 Å². The minimum absolute atomic E-state index is 0.0383. The quantitative estimate of drug-likeness (QED) is 0.858. The first-order valence-electron chi connectivity index (χ1n) is 8.04. The Labute approximate surface area is 147 Å². The molecule has 0 radical (unpaired) electrons. The highest BCUT2D eigenvalue weighted by Gasteiger charge is 2.39. The van der Waals surface area contributed by atoms with Crippen LogP contribution >= 0.6 is 11.3 Å². The summed E-state index contributed by atoms with van der Waals surface area (Å²) >= 11 is 1.23. The number of rotatable bonds is 4. The predicted molar refractivity (Wildman–Crippen MR) is 88.2 cm³/mol. The van der Waals surface area contributed by atoms with Gasteiger partial charge in [-0.25, -0.2) is 0 Å². The van der Waals surface area contributed by atoms with E-state index in [2.05, 4.69) is 15.0 Å². The number of piperidine rings is 1. The number of halogens is 3. The Hall–Kier alpha value is -1.42. The molecule has 138 valence electrons. The lowest BCUT2D eigenvalue weighted by atomic mass is 10.1. The normalized spacial score (nSPS) is 20.8. The average Bonchev–Trinajstić information content (AvgIpc) is 3.20. The summed E-state index contributed by atoms with van der Waals surface area (Å²) in [6, 6.07) is 3.73. The summed E-state index contributed by atoms with van der Waals surface area (Å²) in [5.74, 6) is -1.08. The largest absolute Gasteiger partial charge is 0.452 e. The molecule has 2 aromatic heterocycles. The summed E-state index contributed by atoms with van der Waals surface area (Å²) in [5, 5.41) is 17.4. The molecular formula is C16H20F3N3O2S. The van der Waals surface area contributed by atoms with Crippen LogP contribution in [0.4, 0.5) is 13.2 Å². The molecule has 3 rings (SSSR count). The van der Waals surface area contributed by atoms with Crippen molar-refractivity contribution in [3.8, 4) is 10.6 Å². The number of likely N-dealkylation sites (N-methyl/N-ethyl adjacent to an activating group) is 1. The van der Waals surface area contributed by atoms with Crippen LogP contribution < -0.4 is 5.32 Å². The lowest BCUT2D eigenvalue weighted by Crippen LogP contribution is -2.45. The van der Waals surface area contributed by atoms with Gasteiger partial charge in [0, 0.05) is 29.6 Å². The Bertz CT molecular complexity index is 729. The molecule has 0 aromatic carbocycles. The van der Waals surface area contributed by atoms with E-state index < -0.39 is 18.2 Å². The number of nitrogens with zero attached hydrogens (tertiary/aromatic N) is 2. The van der Waals surface area contributed by atoms with E-state index in [9.17, 15) is 18.3 Å². The van der Waals surface area contributed by atoms with E-state index >= 15 is 0 Å². The predicted octanol–water partition coefficient (Wildman–Crippen LogP) is 3.41. The smallest absolute Gasteiger partial charge is 0.373 e. The van der Waals surface area contributed by atoms with Gasteiger partial charge in [0.25, 0.3) is 0 Å². The number of alkyl halides is 3. The maximum Gasteiger partial charge on any atom is 0.452 e. The van der Waals surface area contributed by atoms with Gasteiger partial charge in [-0.2, -0.15) is 13.2 Å². The molecule has 9 heteroatoms. The van der Waals surface area contributed by atoms with Gasteiger partial charge in [0.05, 0.1) is 4.88 Å². The number of aliphatic hydroxyl groups is 1. The molecule has 2 atom stereocenters. The van der Waals surface area contributed by atoms with E-state index in [1.807, 2.05) is 11.9 Å². The van der Waals surface area contributed by atoms with E-state index in [1.54, 1.807) is 12.1 Å². The van der Waals surface area contributed by atoms with Gasteiger partial charge in [-0.1, -0.05) is 5.16 Å². The fraction of sp³-hybridized carbons (Fsp3) is 0.562. The summed E-state index contributed by atoms with van der Waals surface area (Å²) in [4.78, 5) is 3.20. The molecule has 1 fully saturated rings. The number of nitrogens with one attached hydrogen (secondary N) is 1. The summed E-state index contributed by atoms with van der Waals surface area (Å²) in [6.45, 7) is 2.85. The molecule has 3 heterocycles. The highest BCUT2D eigenvalue weighted by molar-refractivity contribution is 7.15. The van der Waals surface area contributed by atoms with Crippen LogP contribution in [0.5, 0.6) is 0 Å². The Balaban J connectivity index is 1.80. The van der Waals surface area contributed by atoms with Crippen LogP contribution in [0.1, 0.15) is 35.3 Å². The molecule has 0 saturated carbocycles. The standard InChI is InChI=1S/C16H20F3N3O2S/c1-9-13(21-24-14(9)16(17,18)19)11-5-6-12(25-11)15(23)22-7-3-4-10(8-22)20-2/h5-6,10,15,20,23H,3-4,7-8H2,1-2H3. The zero-order valence-corrected chi connectivity index (χ0v) is 14.7. The monoisotopic (exact) mass is 375 g/mol. The van der Waals surface area contributed by atoms with Gasteiger partial charge in [0.1, 0.15) is 11.9 Å². The molecular weight excluding hydrogens is 355 g/mol. The van der Waals surface area contributed by atoms with E-state index in [0.29, 0.717) is 15.8 Å². The van der Waals surface area contributed by atoms with E-state index in [0.717, 1.165) is 25.9 Å². The number of hydrogen-bond acceptors (Lipinski definition) is 6. The average molecular weight is 375 g/mol. The van der Waals surface area contributed by atoms with E-state index in [-0.39, 0.29) is 11.3 Å². The molecule has 1 aliphatic rings. The van der Waals surface area contributed by atoms with Crippen LogP contribution in [0.2, 0.25) is 0 Å². The second-order valence-electron chi connectivity index (χ2n) is 6.18. The Morgan fingerprint density at radius 2 is 2.20 bits per heavy atom. The minimum atomic E-state index is -4.56. The molecule has 1 aliphatic heterocycles. The van der Waals surface area contributed by atoms with Crippen LogP contribution in [0.25, 0.3) is 10.6 Å². The maximum atomic E-state index is 12.8. The van der Waals surface area contributed by atoms with Crippen LogP contribution in [-0.2, 0) is 6.18 Å². The van der Waals surface area contributed by atoms with Crippen LogP contribution in [0.15, 0.2) is 16.7 Å². The van der Waals surface area contributed by atoms with Crippen LogP contribution in [0, 0.1) is 6.92 Å². The Kier molecular flexibility index (Phi) is 5.19. The van der Waals surface area contributed by atoms with Gasteiger partial charge in [-0.05, 0) is 38.9 Å². The van der Waals surface area contributed by atoms with Crippen molar-refractivity contribution in [3.63, 3.8) is 0 Å². The van der Waals surface area contributed by atoms with E-state index in [4.69, 9.17) is 0 Å². The third-order valence-electron chi connectivity index (χ3n) is 4.50. The van der Waals surface area contributed by atoms with Crippen molar-refractivity contribution in [1.82, 2.24) is 15.4 Å². The lowest BCUT2D eigenvalue weighted by molar-refractivity contribution is -0.156. The second kappa shape index (κ2) is 7.06. The number of aromatic nitrogens is 1. The van der Waals surface area contributed by atoms with E-state index in [1.165, 1.54) is 18.3 Å². The number of hydrogen-bond donors (Lipinski definition) is 2. The van der Waals surface area contributed by atoms with Crippen molar-refractivity contribution < 1.29 is 22.8 Å². The SMILES string of the molecule is CNC1CCCN(C(O)c2ccc(-c3noc(C(F)(F)F)c3C)s2)C1. The zero-order valence-electron chi connectivity index (χ0n) is 13.9. The van der Waals surface area contributed by atoms with Crippen molar-refractivity contribution in [3.05, 3.63) is 28.3 Å². The fourth-order valence-electron chi connectivity index (χ4n) is 3.09. The molecule has 0 aliphatic carbocycles. The van der Waals surface area contributed by atoms with Gasteiger partial charge in [-0.3, -0.25) is 4.90 Å². The summed E-state index contributed by atoms with van der Waals surface area (Å²) in [6.07, 6.45) is -3.29. The molecule has 2 N–H and O–H groups in total. The fourth-order valence-corrected chi connectivity index (χ4v) is 4.16. The maximum absolute atomic E-state index is 12.8. The topological polar surface area (TPSA) is 61.5 Å². The molecule has 0 amide bonds. The molecule has 0 bridgehead atoms. The van der Waals surface area contributed by atoms with Crippen LogP contribution in [-0.4, -0.2) is 41.3 Å². The summed E-state index contributed by atoms with van der Waals surface area (Å²) in [7, 11) is 1.90. The van der Waals surface area contributed by atoms with Crippen molar-refractivity contribution in [2.24, 2.45) is 0 Å². The second-order valence-corrected chi connectivity index (χ2v) is 7.30.